The molecule has 0 aliphatic carbocycles. The van der Waals surface area contributed by atoms with E-state index in [9.17, 15) is 13.6 Å². The lowest BCUT2D eigenvalue weighted by Crippen LogP contribution is -2.02. The van der Waals surface area contributed by atoms with Crippen molar-refractivity contribution in [1.82, 2.24) is 4.98 Å². The minimum absolute atomic E-state index is 0.234. The molecule has 1 aromatic heterocycles. The Bertz CT molecular complexity index is 1200. The molecule has 0 spiro atoms. The zero-order valence-corrected chi connectivity index (χ0v) is 14.3. The van der Waals surface area contributed by atoms with Gasteiger partial charge in [-0.15, -0.1) is 0 Å². The predicted octanol–water partition coefficient (Wildman–Crippen LogP) is 4.10. The van der Waals surface area contributed by atoms with E-state index in [2.05, 4.69) is 4.98 Å². The van der Waals surface area contributed by atoms with Crippen LogP contribution in [0.5, 0.6) is 0 Å². The first-order valence-electron chi connectivity index (χ1n) is 7.83. The fourth-order valence-electron chi connectivity index (χ4n) is 2.76. The second kappa shape index (κ2) is 6.67. The van der Waals surface area contributed by atoms with E-state index in [0.717, 1.165) is 11.1 Å². The third-order valence-electron chi connectivity index (χ3n) is 4.01. The molecule has 0 saturated carbocycles. The number of rotatable bonds is 3. The van der Waals surface area contributed by atoms with Gasteiger partial charge in [-0.1, -0.05) is 36.4 Å². The lowest BCUT2D eigenvalue weighted by molar-refractivity contribution is 0.518. The van der Waals surface area contributed by atoms with Crippen LogP contribution in [-0.4, -0.2) is 13.7 Å². The van der Waals surface area contributed by atoms with Gasteiger partial charge in [0.05, 0.1) is 15.8 Å². The molecule has 3 aromatic carbocycles. The van der Waals surface area contributed by atoms with E-state index in [4.69, 9.17) is 4.42 Å². The lowest BCUT2D eigenvalue weighted by atomic mass is 10.0. The van der Waals surface area contributed by atoms with Crippen molar-refractivity contribution in [3.63, 3.8) is 0 Å². The largest absolute Gasteiger partial charge is 0.403 e. The van der Waals surface area contributed by atoms with Crippen molar-refractivity contribution in [1.29, 1.82) is 0 Å². The molecule has 0 radical (unpaired) electrons. The fraction of sp³-hybridized carbons (Fsp3) is 0. The molecular weight excluding hydrogens is 350 g/mol. The summed E-state index contributed by atoms with van der Waals surface area (Å²) in [6.07, 6.45) is 0. The molecule has 128 valence electrons. The molecule has 5 nitrogen and oxygen atoms in total. The maximum absolute atomic E-state index is 12.2. The highest BCUT2D eigenvalue weighted by Crippen LogP contribution is 2.27. The van der Waals surface area contributed by atoms with E-state index in [1.54, 1.807) is 42.5 Å². The monoisotopic (exact) mass is 363 g/mol. The number of aromatic nitrogens is 1. The van der Waals surface area contributed by atoms with Gasteiger partial charge in [-0.25, -0.2) is 14.0 Å². The molecule has 0 amide bonds. The standard InChI is InChI=1S/C20H13NO4S/c22-20-17-9-1-2-10-18(17)21-19(25-20)15-7-3-5-13(11-15)14-6-4-8-16(12-14)26(23)24/h1-12H,(H,23,24). The summed E-state index contributed by atoms with van der Waals surface area (Å²) < 4.78 is 25.9. The molecule has 1 heterocycles. The van der Waals surface area contributed by atoms with Gasteiger partial charge in [-0.2, -0.15) is 0 Å². The normalized spacial score (nSPS) is 12.2. The van der Waals surface area contributed by atoms with Gasteiger partial charge in [0.15, 0.2) is 11.1 Å². The van der Waals surface area contributed by atoms with Crippen LogP contribution in [0.4, 0.5) is 0 Å². The third kappa shape index (κ3) is 3.08. The van der Waals surface area contributed by atoms with Crippen molar-refractivity contribution in [3.05, 3.63) is 83.2 Å². The Morgan fingerprint density at radius 3 is 2.35 bits per heavy atom. The van der Waals surface area contributed by atoms with Gasteiger partial charge in [0, 0.05) is 5.56 Å². The summed E-state index contributed by atoms with van der Waals surface area (Å²) in [5.41, 5.74) is 2.40. The van der Waals surface area contributed by atoms with E-state index in [1.165, 1.54) is 0 Å². The second-order valence-corrected chi connectivity index (χ2v) is 6.65. The summed E-state index contributed by atoms with van der Waals surface area (Å²) in [5, 5.41) is 0.436. The number of para-hydroxylation sites is 1. The Labute approximate surface area is 151 Å². The first-order chi connectivity index (χ1) is 12.6. The van der Waals surface area contributed by atoms with Gasteiger partial charge in [-0.3, -0.25) is 0 Å². The van der Waals surface area contributed by atoms with Gasteiger partial charge < -0.3 is 8.97 Å². The number of benzene rings is 3. The molecular formula is C20H13NO4S. The van der Waals surface area contributed by atoms with Gasteiger partial charge in [0.25, 0.3) is 0 Å². The minimum atomic E-state index is -2.05. The maximum Gasteiger partial charge on any atom is 0.347 e. The molecule has 0 bridgehead atoms. The molecule has 26 heavy (non-hydrogen) atoms. The predicted molar refractivity (Wildman–Crippen MR) is 100 cm³/mol. The van der Waals surface area contributed by atoms with E-state index in [0.29, 0.717) is 21.4 Å². The Morgan fingerprint density at radius 2 is 1.54 bits per heavy atom. The minimum Gasteiger partial charge on any atom is -0.403 e. The topological polar surface area (TPSA) is 80.4 Å². The number of fused-ring (bicyclic) bond motifs is 1. The van der Waals surface area contributed by atoms with Gasteiger partial charge in [0.1, 0.15) is 0 Å². The van der Waals surface area contributed by atoms with Crippen LogP contribution in [0.2, 0.25) is 0 Å². The summed E-state index contributed by atoms with van der Waals surface area (Å²) in [6.45, 7) is 0. The zero-order chi connectivity index (χ0) is 18.1. The van der Waals surface area contributed by atoms with Crippen LogP contribution in [0.15, 0.2) is 86.9 Å². The number of hydrogen-bond donors (Lipinski definition) is 1. The van der Waals surface area contributed by atoms with E-state index in [-0.39, 0.29) is 5.89 Å². The average Bonchev–Trinajstić information content (AvgIpc) is 2.68. The maximum atomic E-state index is 12.2. The quantitative estimate of drug-likeness (QED) is 0.554. The molecule has 1 N–H and O–H groups in total. The first-order valence-corrected chi connectivity index (χ1v) is 8.94. The molecule has 4 aromatic rings. The lowest BCUT2D eigenvalue weighted by Gasteiger charge is -2.06. The molecule has 6 heteroatoms. The third-order valence-corrected chi connectivity index (χ3v) is 4.67. The van der Waals surface area contributed by atoms with Crippen LogP contribution in [0.3, 0.4) is 0 Å². The van der Waals surface area contributed by atoms with Crippen LogP contribution in [0.1, 0.15) is 0 Å². The SMILES string of the molecule is O=c1oc(-c2cccc(-c3cccc(S(=O)O)c3)c2)nc2ccccc12. The van der Waals surface area contributed by atoms with E-state index < -0.39 is 16.7 Å². The van der Waals surface area contributed by atoms with E-state index >= 15 is 0 Å². The highest BCUT2D eigenvalue weighted by molar-refractivity contribution is 7.79. The highest BCUT2D eigenvalue weighted by Gasteiger charge is 2.10. The van der Waals surface area contributed by atoms with Crippen molar-refractivity contribution in [3.8, 4) is 22.6 Å². The van der Waals surface area contributed by atoms with Gasteiger partial charge >= 0.3 is 5.63 Å². The van der Waals surface area contributed by atoms with Crippen molar-refractivity contribution >= 4 is 22.0 Å². The van der Waals surface area contributed by atoms with Crippen molar-refractivity contribution < 1.29 is 13.2 Å². The van der Waals surface area contributed by atoms with Crippen LogP contribution in [0, 0.1) is 0 Å². The molecule has 1 unspecified atom stereocenters. The fourth-order valence-corrected chi connectivity index (χ4v) is 3.18. The Hall–Kier alpha value is -3.09. The summed E-state index contributed by atoms with van der Waals surface area (Å²) in [4.78, 5) is 16.9. The van der Waals surface area contributed by atoms with E-state index in [1.807, 2.05) is 30.3 Å². The summed E-state index contributed by atoms with van der Waals surface area (Å²) >= 11 is -2.05. The number of hydrogen-bond acceptors (Lipinski definition) is 4. The molecule has 0 aliphatic rings. The summed E-state index contributed by atoms with van der Waals surface area (Å²) in [7, 11) is 0. The Kier molecular flexibility index (Phi) is 4.20. The molecule has 0 fully saturated rings. The van der Waals surface area contributed by atoms with Crippen LogP contribution >= 0.6 is 0 Å². The average molecular weight is 363 g/mol. The Balaban J connectivity index is 1.83. The van der Waals surface area contributed by atoms with Crippen LogP contribution in [0.25, 0.3) is 33.5 Å². The molecule has 0 saturated heterocycles. The van der Waals surface area contributed by atoms with Gasteiger partial charge in [0.2, 0.25) is 5.89 Å². The van der Waals surface area contributed by atoms with Crippen molar-refractivity contribution in [2.45, 2.75) is 4.90 Å². The highest BCUT2D eigenvalue weighted by atomic mass is 32.2. The first kappa shape index (κ1) is 16.4. The number of nitrogens with zero attached hydrogens (tertiary/aromatic N) is 1. The smallest absolute Gasteiger partial charge is 0.347 e. The molecule has 4 rings (SSSR count). The second-order valence-electron chi connectivity index (χ2n) is 5.68. The summed E-state index contributed by atoms with van der Waals surface area (Å²) in [5.74, 6) is 0.234. The molecule has 1 atom stereocenters. The summed E-state index contributed by atoms with van der Waals surface area (Å²) in [6, 6.07) is 21.2. The van der Waals surface area contributed by atoms with Crippen molar-refractivity contribution in [2.24, 2.45) is 0 Å². The van der Waals surface area contributed by atoms with Gasteiger partial charge in [-0.05, 0) is 47.5 Å². The van der Waals surface area contributed by atoms with Crippen LogP contribution < -0.4 is 5.63 Å². The molecule has 0 aliphatic heterocycles. The zero-order valence-electron chi connectivity index (χ0n) is 13.5. The van der Waals surface area contributed by atoms with Crippen molar-refractivity contribution in [2.75, 3.05) is 0 Å². The Morgan fingerprint density at radius 1 is 0.846 bits per heavy atom. The van der Waals surface area contributed by atoms with Crippen LogP contribution in [-0.2, 0) is 11.1 Å².